The zero-order valence-corrected chi connectivity index (χ0v) is 9.55. The standard InChI is InChI=1S/C8H7BrF3NS/c1-14-5-3-2-4(13)6(7(5)9)8(10,11)12/h2-3H,13H2,1H3. The Kier molecular flexibility index (Phi) is 3.36. The summed E-state index contributed by atoms with van der Waals surface area (Å²) in [4.78, 5) is 0.520. The molecule has 0 aliphatic rings. The van der Waals surface area contributed by atoms with E-state index in [1.54, 1.807) is 12.3 Å². The van der Waals surface area contributed by atoms with E-state index >= 15 is 0 Å². The van der Waals surface area contributed by atoms with E-state index in [-0.39, 0.29) is 10.2 Å². The Morgan fingerprint density at radius 3 is 2.36 bits per heavy atom. The highest BCUT2D eigenvalue weighted by Gasteiger charge is 2.36. The molecule has 1 aromatic rings. The molecule has 0 spiro atoms. The van der Waals surface area contributed by atoms with Crippen LogP contribution in [-0.2, 0) is 6.18 Å². The lowest BCUT2D eigenvalue weighted by atomic mass is 10.2. The van der Waals surface area contributed by atoms with Crippen LogP contribution in [0.1, 0.15) is 5.56 Å². The zero-order chi connectivity index (χ0) is 10.9. The molecule has 0 saturated carbocycles. The van der Waals surface area contributed by atoms with Crippen molar-refractivity contribution in [3.63, 3.8) is 0 Å². The number of thioether (sulfide) groups is 1. The summed E-state index contributed by atoms with van der Waals surface area (Å²) in [5.41, 5.74) is 4.21. The maximum Gasteiger partial charge on any atom is 0.419 e. The first-order chi connectivity index (χ1) is 6.38. The Hall–Kier alpha value is -0.360. The lowest BCUT2D eigenvalue weighted by Gasteiger charge is -2.13. The Bertz CT molecular complexity index is 351. The Morgan fingerprint density at radius 1 is 1.36 bits per heavy atom. The van der Waals surface area contributed by atoms with Crippen molar-refractivity contribution in [2.24, 2.45) is 0 Å². The second-order valence-electron chi connectivity index (χ2n) is 2.54. The summed E-state index contributed by atoms with van der Waals surface area (Å²) in [6, 6.07) is 2.82. The Morgan fingerprint density at radius 2 is 1.93 bits per heavy atom. The molecular formula is C8H7BrF3NS. The molecule has 0 radical (unpaired) electrons. The van der Waals surface area contributed by atoms with Gasteiger partial charge < -0.3 is 5.73 Å². The molecule has 78 valence electrons. The van der Waals surface area contributed by atoms with Gasteiger partial charge in [-0.3, -0.25) is 0 Å². The molecular weight excluding hydrogens is 279 g/mol. The van der Waals surface area contributed by atoms with Gasteiger partial charge in [0.1, 0.15) is 0 Å². The Balaban J connectivity index is 3.40. The van der Waals surface area contributed by atoms with Crippen molar-refractivity contribution in [3.8, 4) is 0 Å². The van der Waals surface area contributed by atoms with Gasteiger partial charge in [-0.15, -0.1) is 11.8 Å². The highest BCUT2D eigenvalue weighted by Crippen LogP contribution is 2.42. The van der Waals surface area contributed by atoms with Gasteiger partial charge in [-0.2, -0.15) is 13.2 Å². The van der Waals surface area contributed by atoms with Crippen molar-refractivity contribution in [1.82, 2.24) is 0 Å². The first kappa shape index (κ1) is 11.7. The monoisotopic (exact) mass is 285 g/mol. The van der Waals surface area contributed by atoms with Gasteiger partial charge in [0.2, 0.25) is 0 Å². The average Bonchev–Trinajstić information content (AvgIpc) is 2.02. The maximum absolute atomic E-state index is 12.5. The van der Waals surface area contributed by atoms with Crippen LogP contribution in [-0.4, -0.2) is 6.26 Å². The first-order valence-corrected chi connectivity index (χ1v) is 5.59. The highest BCUT2D eigenvalue weighted by molar-refractivity contribution is 9.10. The SMILES string of the molecule is CSc1ccc(N)c(C(F)(F)F)c1Br. The largest absolute Gasteiger partial charge is 0.419 e. The third kappa shape index (κ3) is 2.17. The van der Waals surface area contributed by atoms with Crippen LogP contribution in [0.3, 0.4) is 0 Å². The number of anilines is 1. The van der Waals surface area contributed by atoms with E-state index in [0.29, 0.717) is 4.90 Å². The third-order valence-corrected chi connectivity index (χ3v) is 3.51. The van der Waals surface area contributed by atoms with Crippen molar-refractivity contribution in [3.05, 3.63) is 22.2 Å². The van der Waals surface area contributed by atoms with E-state index in [1.807, 2.05) is 0 Å². The molecule has 0 atom stereocenters. The molecule has 14 heavy (non-hydrogen) atoms. The molecule has 0 aliphatic heterocycles. The summed E-state index contributed by atoms with van der Waals surface area (Å²) in [5, 5.41) is 0. The van der Waals surface area contributed by atoms with E-state index in [9.17, 15) is 13.2 Å². The summed E-state index contributed by atoms with van der Waals surface area (Å²) in [6.45, 7) is 0. The fraction of sp³-hybridized carbons (Fsp3) is 0.250. The molecule has 2 N–H and O–H groups in total. The predicted molar refractivity (Wildman–Crippen MR) is 55.3 cm³/mol. The number of rotatable bonds is 1. The predicted octanol–water partition coefficient (Wildman–Crippen LogP) is 3.77. The summed E-state index contributed by atoms with van der Waals surface area (Å²) in [6.07, 6.45) is -2.72. The second kappa shape index (κ2) is 4.02. The molecule has 0 amide bonds. The summed E-state index contributed by atoms with van der Waals surface area (Å²) >= 11 is 4.14. The van der Waals surface area contributed by atoms with Gasteiger partial charge in [0.15, 0.2) is 0 Å². The zero-order valence-electron chi connectivity index (χ0n) is 7.15. The molecule has 6 heteroatoms. The maximum atomic E-state index is 12.5. The second-order valence-corrected chi connectivity index (χ2v) is 4.18. The van der Waals surface area contributed by atoms with Crippen LogP contribution < -0.4 is 5.73 Å². The minimum Gasteiger partial charge on any atom is -0.398 e. The van der Waals surface area contributed by atoms with E-state index in [0.717, 1.165) is 0 Å². The average molecular weight is 286 g/mol. The molecule has 0 saturated heterocycles. The van der Waals surface area contributed by atoms with Crippen LogP contribution in [0.2, 0.25) is 0 Å². The molecule has 1 nitrogen and oxygen atoms in total. The van der Waals surface area contributed by atoms with Gasteiger partial charge in [-0.25, -0.2) is 0 Å². The van der Waals surface area contributed by atoms with Crippen LogP contribution >= 0.6 is 27.7 Å². The van der Waals surface area contributed by atoms with Gasteiger partial charge in [0, 0.05) is 15.1 Å². The molecule has 0 unspecified atom stereocenters. The van der Waals surface area contributed by atoms with Crippen molar-refractivity contribution in [1.29, 1.82) is 0 Å². The topological polar surface area (TPSA) is 26.0 Å². The van der Waals surface area contributed by atoms with E-state index in [2.05, 4.69) is 15.9 Å². The highest BCUT2D eigenvalue weighted by atomic mass is 79.9. The van der Waals surface area contributed by atoms with Gasteiger partial charge in [0.25, 0.3) is 0 Å². The minimum absolute atomic E-state index is 0.0116. The van der Waals surface area contributed by atoms with Crippen LogP contribution in [0, 0.1) is 0 Å². The lowest BCUT2D eigenvalue weighted by Crippen LogP contribution is -2.10. The summed E-state index contributed by atoms with van der Waals surface area (Å²) in [7, 11) is 0. The number of nitrogens with two attached hydrogens (primary N) is 1. The third-order valence-electron chi connectivity index (χ3n) is 1.64. The van der Waals surface area contributed by atoms with Crippen LogP contribution in [0.25, 0.3) is 0 Å². The van der Waals surface area contributed by atoms with E-state index < -0.39 is 11.7 Å². The van der Waals surface area contributed by atoms with Gasteiger partial charge in [-0.05, 0) is 34.3 Å². The van der Waals surface area contributed by atoms with Crippen molar-refractivity contribution in [2.45, 2.75) is 11.1 Å². The van der Waals surface area contributed by atoms with Gasteiger partial charge >= 0.3 is 6.18 Å². The van der Waals surface area contributed by atoms with Crippen LogP contribution in [0.15, 0.2) is 21.5 Å². The van der Waals surface area contributed by atoms with Crippen molar-refractivity contribution in [2.75, 3.05) is 12.0 Å². The molecule has 0 heterocycles. The minimum atomic E-state index is -4.42. The van der Waals surface area contributed by atoms with Gasteiger partial charge in [0.05, 0.1) is 5.56 Å². The summed E-state index contributed by atoms with van der Waals surface area (Å²) < 4.78 is 37.5. The first-order valence-electron chi connectivity index (χ1n) is 3.57. The summed E-state index contributed by atoms with van der Waals surface area (Å²) in [5.74, 6) is 0. The van der Waals surface area contributed by atoms with Crippen molar-refractivity contribution >= 4 is 33.4 Å². The molecule has 0 fully saturated rings. The molecule has 0 bridgehead atoms. The van der Waals surface area contributed by atoms with Gasteiger partial charge in [-0.1, -0.05) is 0 Å². The lowest BCUT2D eigenvalue weighted by molar-refractivity contribution is -0.137. The normalized spacial score (nSPS) is 11.8. The van der Waals surface area contributed by atoms with Crippen LogP contribution in [0.4, 0.5) is 18.9 Å². The number of nitrogen functional groups attached to an aromatic ring is 1. The fourth-order valence-electron chi connectivity index (χ4n) is 1.02. The number of hydrogen-bond acceptors (Lipinski definition) is 2. The molecule has 0 aliphatic carbocycles. The fourth-order valence-corrected chi connectivity index (χ4v) is 2.57. The quantitative estimate of drug-likeness (QED) is 0.628. The van der Waals surface area contributed by atoms with E-state index in [4.69, 9.17) is 5.73 Å². The number of halogens is 4. The number of alkyl halides is 3. The van der Waals surface area contributed by atoms with E-state index in [1.165, 1.54) is 17.8 Å². The van der Waals surface area contributed by atoms with Crippen LogP contribution in [0.5, 0.6) is 0 Å². The molecule has 0 aromatic heterocycles. The smallest absolute Gasteiger partial charge is 0.398 e. The number of hydrogen-bond donors (Lipinski definition) is 1. The molecule has 1 rings (SSSR count). The Labute approximate surface area is 92.0 Å². The van der Waals surface area contributed by atoms with Crippen molar-refractivity contribution < 1.29 is 13.2 Å². The number of benzene rings is 1. The molecule has 1 aromatic carbocycles.